The molecule has 104 valence electrons. The Labute approximate surface area is 112 Å². The highest BCUT2D eigenvalue weighted by molar-refractivity contribution is 5.17. The summed E-state index contributed by atoms with van der Waals surface area (Å²) in [6, 6.07) is 4.89. The largest absolute Gasteiger partial charge is 0.314 e. The lowest BCUT2D eigenvalue weighted by Crippen LogP contribution is -2.51. The van der Waals surface area contributed by atoms with E-state index in [-0.39, 0.29) is 0 Å². The smallest absolute Gasteiger partial charge is 0.159 e. The molecule has 0 aromatic heterocycles. The number of fused-ring (bicyclic) bond motifs is 1. The molecule has 1 aromatic carbocycles. The van der Waals surface area contributed by atoms with Crippen LogP contribution in [0.1, 0.15) is 24.8 Å². The molecule has 0 amide bonds. The fourth-order valence-corrected chi connectivity index (χ4v) is 3.36. The third kappa shape index (κ3) is 2.95. The molecule has 2 heterocycles. The Balaban J connectivity index is 1.62. The van der Waals surface area contributed by atoms with Gasteiger partial charge in [0.25, 0.3) is 0 Å². The molecule has 2 fully saturated rings. The summed E-state index contributed by atoms with van der Waals surface area (Å²) < 4.78 is 26.1. The average molecular weight is 266 g/mol. The highest BCUT2D eigenvalue weighted by Crippen LogP contribution is 2.25. The first-order valence-corrected chi connectivity index (χ1v) is 7.12. The van der Waals surface area contributed by atoms with Crippen LogP contribution >= 0.6 is 0 Å². The molecule has 4 heteroatoms. The topological polar surface area (TPSA) is 15.3 Å². The van der Waals surface area contributed by atoms with E-state index in [0.717, 1.165) is 38.2 Å². The highest BCUT2D eigenvalue weighted by Gasteiger charge is 2.30. The third-order valence-corrected chi connectivity index (χ3v) is 4.37. The van der Waals surface area contributed by atoms with Crippen LogP contribution in [0.25, 0.3) is 0 Å². The van der Waals surface area contributed by atoms with Gasteiger partial charge < -0.3 is 5.32 Å². The van der Waals surface area contributed by atoms with Crippen molar-refractivity contribution in [1.82, 2.24) is 10.2 Å². The van der Waals surface area contributed by atoms with Gasteiger partial charge in [0.05, 0.1) is 0 Å². The number of piperidine rings is 2. The molecular formula is C15H20F2N2. The van der Waals surface area contributed by atoms with Gasteiger partial charge in [0.2, 0.25) is 0 Å². The van der Waals surface area contributed by atoms with E-state index in [1.54, 1.807) is 6.07 Å². The van der Waals surface area contributed by atoms with Gasteiger partial charge in [0.15, 0.2) is 11.6 Å². The van der Waals surface area contributed by atoms with Crippen LogP contribution in [0.2, 0.25) is 0 Å². The zero-order valence-electron chi connectivity index (χ0n) is 11.0. The van der Waals surface area contributed by atoms with Gasteiger partial charge in [-0.1, -0.05) is 6.07 Å². The summed E-state index contributed by atoms with van der Waals surface area (Å²) in [4.78, 5) is 2.36. The number of halogens is 2. The van der Waals surface area contributed by atoms with E-state index in [1.807, 2.05) is 0 Å². The van der Waals surface area contributed by atoms with E-state index in [0.29, 0.717) is 12.0 Å². The number of hydrogen-bond acceptors (Lipinski definition) is 2. The molecule has 2 aliphatic heterocycles. The average Bonchev–Trinajstić information content (AvgIpc) is 2.43. The van der Waals surface area contributed by atoms with Crippen molar-refractivity contribution >= 4 is 0 Å². The standard InChI is InChI=1S/C15H20F2N2/c16-13-4-3-11(8-14(13)17)9-19-7-5-15-12(10-19)2-1-6-18-15/h3-4,8,12,15,18H,1-2,5-7,9-10H2. The number of nitrogens with one attached hydrogen (secondary N) is 1. The van der Waals surface area contributed by atoms with E-state index >= 15 is 0 Å². The Morgan fingerprint density at radius 1 is 1.21 bits per heavy atom. The fourth-order valence-electron chi connectivity index (χ4n) is 3.36. The molecule has 2 aliphatic rings. The Hall–Kier alpha value is -1.00. The van der Waals surface area contributed by atoms with Crippen molar-refractivity contribution in [2.24, 2.45) is 5.92 Å². The van der Waals surface area contributed by atoms with Crippen LogP contribution in [0.3, 0.4) is 0 Å². The summed E-state index contributed by atoms with van der Waals surface area (Å²) >= 11 is 0. The van der Waals surface area contributed by atoms with Crippen LogP contribution in [-0.2, 0) is 6.54 Å². The molecule has 2 unspecified atom stereocenters. The first-order valence-electron chi connectivity index (χ1n) is 7.12. The van der Waals surface area contributed by atoms with Crippen LogP contribution in [0.4, 0.5) is 8.78 Å². The minimum absolute atomic E-state index is 0.662. The van der Waals surface area contributed by atoms with Crippen LogP contribution in [-0.4, -0.2) is 30.6 Å². The van der Waals surface area contributed by atoms with Gasteiger partial charge in [-0.3, -0.25) is 4.90 Å². The maximum Gasteiger partial charge on any atom is 0.159 e. The van der Waals surface area contributed by atoms with Crippen LogP contribution < -0.4 is 5.32 Å². The summed E-state index contributed by atoms with van der Waals surface area (Å²) in [6.07, 6.45) is 3.69. The molecule has 2 nitrogen and oxygen atoms in total. The van der Waals surface area contributed by atoms with Gasteiger partial charge in [-0.05, 0) is 56.0 Å². The Kier molecular flexibility index (Phi) is 3.80. The van der Waals surface area contributed by atoms with E-state index < -0.39 is 11.6 Å². The second-order valence-electron chi connectivity index (χ2n) is 5.74. The lowest BCUT2D eigenvalue weighted by molar-refractivity contribution is 0.109. The Morgan fingerprint density at radius 2 is 2.11 bits per heavy atom. The summed E-state index contributed by atoms with van der Waals surface area (Å²) in [5.74, 6) is -0.793. The minimum atomic E-state index is -0.765. The van der Waals surface area contributed by atoms with Crippen molar-refractivity contribution in [1.29, 1.82) is 0 Å². The molecule has 2 atom stereocenters. The van der Waals surface area contributed by atoms with Crippen molar-refractivity contribution in [3.8, 4) is 0 Å². The first kappa shape index (κ1) is 13.0. The molecule has 0 spiro atoms. The SMILES string of the molecule is Fc1ccc(CN2CCC3NCCCC3C2)cc1F. The maximum atomic E-state index is 13.2. The maximum absolute atomic E-state index is 13.2. The minimum Gasteiger partial charge on any atom is -0.314 e. The second kappa shape index (κ2) is 5.55. The fraction of sp³-hybridized carbons (Fsp3) is 0.600. The summed E-state index contributed by atoms with van der Waals surface area (Å²) in [6.45, 7) is 3.97. The molecule has 2 saturated heterocycles. The van der Waals surface area contributed by atoms with Gasteiger partial charge in [-0.15, -0.1) is 0 Å². The van der Waals surface area contributed by atoms with Crippen LogP contribution in [0, 0.1) is 17.6 Å². The molecule has 0 radical (unpaired) electrons. The molecule has 3 rings (SSSR count). The molecular weight excluding hydrogens is 246 g/mol. The van der Waals surface area contributed by atoms with Crippen molar-refractivity contribution in [3.63, 3.8) is 0 Å². The summed E-state index contributed by atoms with van der Waals surface area (Å²) in [7, 11) is 0. The van der Waals surface area contributed by atoms with Gasteiger partial charge in [-0.2, -0.15) is 0 Å². The summed E-state index contributed by atoms with van der Waals surface area (Å²) in [5, 5.41) is 3.59. The van der Waals surface area contributed by atoms with Gasteiger partial charge in [-0.25, -0.2) is 8.78 Å². The Bertz CT molecular complexity index is 450. The Morgan fingerprint density at radius 3 is 2.95 bits per heavy atom. The quantitative estimate of drug-likeness (QED) is 0.885. The lowest BCUT2D eigenvalue weighted by atomic mass is 9.85. The van der Waals surface area contributed by atoms with Gasteiger partial charge >= 0.3 is 0 Å². The zero-order chi connectivity index (χ0) is 13.2. The number of likely N-dealkylation sites (tertiary alicyclic amines) is 1. The molecule has 19 heavy (non-hydrogen) atoms. The van der Waals surface area contributed by atoms with Crippen molar-refractivity contribution < 1.29 is 8.78 Å². The van der Waals surface area contributed by atoms with Crippen molar-refractivity contribution in [2.75, 3.05) is 19.6 Å². The van der Waals surface area contributed by atoms with Crippen LogP contribution in [0.15, 0.2) is 18.2 Å². The van der Waals surface area contributed by atoms with E-state index in [9.17, 15) is 8.78 Å². The van der Waals surface area contributed by atoms with E-state index in [2.05, 4.69) is 10.2 Å². The molecule has 1 N–H and O–H groups in total. The van der Waals surface area contributed by atoms with Gasteiger partial charge in [0.1, 0.15) is 0 Å². The number of benzene rings is 1. The molecule has 1 aromatic rings. The highest BCUT2D eigenvalue weighted by atomic mass is 19.2. The third-order valence-electron chi connectivity index (χ3n) is 4.37. The molecule has 0 saturated carbocycles. The predicted molar refractivity (Wildman–Crippen MR) is 70.8 cm³/mol. The van der Waals surface area contributed by atoms with E-state index in [4.69, 9.17) is 0 Å². The van der Waals surface area contributed by atoms with Crippen LogP contribution in [0.5, 0.6) is 0 Å². The monoisotopic (exact) mass is 266 g/mol. The van der Waals surface area contributed by atoms with Crippen molar-refractivity contribution in [3.05, 3.63) is 35.4 Å². The predicted octanol–water partition coefficient (Wildman–Crippen LogP) is 2.54. The number of nitrogens with zero attached hydrogens (tertiary/aromatic N) is 1. The normalized spacial score (nSPS) is 28.1. The second-order valence-corrected chi connectivity index (χ2v) is 5.74. The van der Waals surface area contributed by atoms with Gasteiger partial charge in [0, 0.05) is 19.1 Å². The molecule has 0 bridgehead atoms. The van der Waals surface area contributed by atoms with E-state index in [1.165, 1.54) is 25.0 Å². The number of hydrogen-bond donors (Lipinski definition) is 1. The lowest BCUT2D eigenvalue weighted by Gasteiger charge is -2.41. The number of rotatable bonds is 2. The summed E-state index contributed by atoms with van der Waals surface area (Å²) in [5.41, 5.74) is 0.862. The zero-order valence-corrected chi connectivity index (χ0v) is 11.0. The molecule has 0 aliphatic carbocycles. The first-order chi connectivity index (χ1) is 9.22. The van der Waals surface area contributed by atoms with Crippen molar-refractivity contribution in [2.45, 2.75) is 31.8 Å².